The second kappa shape index (κ2) is 3.90. The molecule has 9 nitrogen and oxygen atoms in total. The second-order valence-corrected chi connectivity index (χ2v) is 5.56. The van der Waals surface area contributed by atoms with E-state index in [-0.39, 0.29) is 3.89 Å². The molecule has 0 aromatic carbocycles. The topological polar surface area (TPSA) is 109 Å². The summed E-state index contributed by atoms with van der Waals surface area (Å²) < 4.78 is 0.212. The highest BCUT2D eigenvalue weighted by molar-refractivity contribution is 7.94. The van der Waals surface area contributed by atoms with Crippen molar-refractivity contribution in [2.45, 2.75) is 10.8 Å². The summed E-state index contributed by atoms with van der Waals surface area (Å²) in [6, 6.07) is 0. The summed E-state index contributed by atoms with van der Waals surface area (Å²) in [6.45, 7) is 0. The lowest BCUT2D eigenvalue weighted by atomic mass is 10.2. The number of hydrogen-bond acceptors (Lipinski definition) is 7. The van der Waals surface area contributed by atoms with Crippen LogP contribution in [-0.4, -0.2) is 44.3 Å². The van der Waals surface area contributed by atoms with Crippen LogP contribution in [0.5, 0.6) is 0 Å². The molecule has 3 rings (SSSR count). The van der Waals surface area contributed by atoms with Crippen LogP contribution in [-0.2, 0) is 0 Å². The van der Waals surface area contributed by atoms with Crippen molar-refractivity contribution in [2.24, 2.45) is 9.98 Å². The molecular formula is C9H10N7O2S+. The number of aromatic nitrogens is 2. The van der Waals surface area contributed by atoms with Crippen molar-refractivity contribution in [3.63, 3.8) is 0 Å². The number of hydrogen-bond donors (Lipinski definition) is 2. The zero-order valence-corrected chi connectivity index (χ0v) is 10.7. The molecule has 0 spiro atoms. The highest BCUT2D eigenvalue weighted by Crippen LogP contribution is 2.35. The lowest BCUT2D eigenvalue weighted by molar-refractivity contribution is -0.616. The van der Waals surface area contributed by atoms with Gasteiger partial charge in [0.25, 0.3) is 0 Å². The Hall–Kier alpha value is -2.20. The van der Waals surface area contributed by atoms with E-state index in [1.165, 1.54) is 24.6 Å². The monoisotopic (exact) mass is 280 g/mol. The Morgan fingerprint density at radius 2 is 2.37 bits per heavy atom. The summed E-state index contributed by atoms with van der Waals surface area (Å²) in [6.07, 6.45) is 7.73. The average molecular weight is 280 g/mol. The molecule has 0 saturated heterocycles. The van der Waals surface area contributed by atoms with Crippen LogP contribution in [0.1, 0.15) is 0 Å². The van der Waals surface area contributed by atoms with Crippen molar-refractivity contribution in [2.75, 3.05) is 7.05 Å². The first-order chi connectivity index (χ1) is 9.04. The fourth-order valence-corrected chi connectivity index (χ4v) is 2.71. The third kappa shape index (κ3) is 1.81. The molecule has 0 fully saturated rings. The maximum Gasteiger partial charge on any atom is 0.464 e. The first kappa shape index (κ1) is 11.9. The molecule has 0 radical (unpaired) electrons. The van der Waals surface area contributed by atoms with Crippen molar-refractivity contribution < 1.29 is 8.81 Å². The predicted octanol–water partition coefficient (Wildman–Crippen LogP) is 0.309. The molecule has 0 saturated carbocycles. The van der Waals surface area contributed by atoms with Crippen molar-refractivity contribution in [3.8, 4) is 0 Å². The van der Waals surface area contributed by atoms with Gasteiger partial charge in [-0.3, -0.25) is 10.1 Å². The molecule has 2 atom stereocenters. The van der Waals surface area contributed by atoms with E-state index in [1.54, 1.807) is 18.7 Å². The van der Waals surface area contributed by atoms with Crippen LogP contribution in [0.3, 0.4) is 0 Å². The maximum atomic E-state index is 11.2. The van der Waals surface area contributed by atoms with Gasteiger partial charge in [-0.2, -0.15) is 8.88 Å². The Morgan fingerprint density at radius 1 is 1.53 bits per heavy atom. The van der Waals surface area contributed by atoms with Crippen LogP contribution in [0.15, 0.2) is 39.4 Å². The van der Waals surface area contributed by atoms with Gasteiger partial charge in [-0.25, -0.2) is 4.98 Å². The zero-order valence-electron chi connectivity index (χ0n) is 9.85. The standard InChI is InChI=1S/C9H10N7O2S/c1-16(19-8-2-10-4-12-8)3-7-9(14-6-16,15(17)18)13-5-11-7/h2-6H,1H3,(H,10,12)(H,11,13)/q+1. The van der Waals surface area contributed by atoms with Gasteiger partial charge < -0.3 is 10.3 Å². The molecule has 98 valence electrons. The van der Waals surface area contributed by atoms with E-state index in [4.69, 9.17) is 0 Å². The molecule has 1 aromatic heterocycles. The van der Waals surface area contributed by atoms with E-state index in [0.29, 0.717) is 5.70 Å². The van der Waals surface area contributed by atoms with Gasteiger partial charge in [0.2, 0.25) is 12.0 Å². The van der Waals surface area contributed by atoms with Gasteiger partial charge in [0.05, 0.1) is 30.8 Å². The number of rotatable bonds is 3. The molecule has 19 heavy (non-hydrogen) atoms. The average Bonchev–Trinajstić information content (AvgIpc) is 2.97. The maximum absolute atomic E-state index is 11.2. The van der Waals surface area contributed by atoms with Gasteiger partial charge in [-0.15, -0.1) is 4.99 Å². The Balaban J connectivity index is 1.93. The zero-order chi connectivity index (χ0) is 13.5. The summed E-state index contributed by atoms with van der Waals surface area (Å²) >= 11 is 1.41. The first-order valence-corrected chi connectivity index (χ1v) is 6.10. The van der Waals surface area contributed by atoms with E-state index in [0.717, 1.165) is 5.03 Å². The number of nitrogens with zero attached hydrogens (tertiary/aromatic N) is 5. The molecule has 0 bridgehead atoms. The predicted molar refractivity (Wildman–Crippen MR) is 68.6 cm³/mol. The quantitative estimate of drug-likeness (QED) is 0.358. The molecule has 0 amide bonds. The summed E-state index contributed by atoms with van der Waals surface area (Å²) in [5.74, 6) is -1.74. The van der Waals surface area contributed by atoms with Crippen molar-refractivity contribution >= 4 is 24.6 Å². The molecule has 2 aliphatic rings. The van der Waals surface area contributed by atoms with Gasteiger partial charge in [-0.05, 0) is 0 Å². The van der Waals surface area contributed by atoms with E-state index in [2.05, 4.69) is 25.3 Å². The Kier molecular flexibility index (Phi) is 2.43. The summed E-state index contributed by atoms with van der Waals surface area (Å²) in [5, 5.41) is 14.8. The molecular weight excluding hydrogens is 270 g/mol. The molecule has 0 aliphatic carbocycles. The molecule has 1 aromatic rings. The van der Waals surface area contributed by atoms with Crippen LogP contribution < -0.4 is 5.32 Å². The molecule has 10 heteroatoms. The largest absolute Gasteiger partial charge is 0.464 e. The highest BCUT2D eigenvalue weighted by atomic mass is 32.2. The fraction of sp³-hybridized carbons (Fsp3) is 0.222. The van der Waals surface area contributed by atoms with E-state index in [1.807, 2.05) is 7.05 Å². The molecule has 3 heterocycles. The van der Waals surface area contributed by atoms with Crippen molar-refractivity contribution in [3.05, 3.63) is 34.5 Å². The molecule has 2 unspecified atom stereocenters. The van der Waals surface area contributed by atoms with Gasteiger partial charge in [0.1, 0.15) is 18.1 Å². The lowest BCUT2D eigenvalue weighted by Gasteiger charge is -2.26. The number of quaternary nitrogens is 1. The van der Waals surface area contributed by atoms with Gasteiger partial charge in [-0.1, -0.05) is 0 Å². The van der Waals surface area contributed by atoms with Gasteiger partial charge in [0.15, 0.2) is 5.03 Å². The molecule has 2 N–H and O–H groups in total. The number of fused-ring (bicyclic) bond motifs is 1. The van der Waals surface area contributed by atoms with Crippen LogP contribution in [0.25, 0.3) is 0 Å². The number of H-pyrrole nitrogens is 1. The summed E-state index contributed by atoms with van der Waals surface area (Å²) in [4.78, 5) is 25.4. The third-order valence-electron chi connectivity index (χ3n) is 2.70. The van der Waals surface area contributed by atoms with Crippen LogP contribution in [0.2, 0.25) is 0 Å². The number of nitrogens with one attached hydrogen (secondary N) is 2. The minimum absolute atomic E-state index is 0.212. The highest BCUT2D eigenvalue weighted by Gasteiger charge is 2.55. The SMILES string of the molecule is C[N+]1(Sc2cnc[nH]2)C=NC2([N+](=O)[O-])N=CNC2=C1. The normalized spacial score (nSPS) is 31.7. The second-order valence-electron chi connectivity index (χ2n) is 4.15. The third-order valence-corrected chi connectivity index (χ3v) is 3.71. The minimum Gasteiger partial charge on any atom is -0.336 e. The minimum atomic E-state index is -1.74. The Morgan fingerprint density at radius 3 is 3.05 bits per heavy atom. The Labute approximate surface area is 112 Å². The van der Waals surface area contributed by atoms with E-state index < -0.39 is 10.7 Å². The number of aliphatic imine (C=N–C) groups is 2. The number of aromatic amines is 1. The fourth-order valence-electron chi connectivity index (χ4n) is 1.82. The lowest BCUT2D eigenvalue weighted by Crippen LogP contribution is -2.45. The van der Waals surface area contributed by atoms with Crippen LogP contribution in [0, 0.1) is 10.1 Å². The summed E-state index contributed by atoms with van der Waals surface area (Å²) in [5.41, 5.74) is 0.342. The summed E-state index contributed by atoms with van der Waals surface area (Å²) in [7, 11) is 1.85. The Bertz CT molecular complexity index is 610. The smallest absolute Gasteiger partial charge is 0.336 e. The number of nitro groups is 1. The van der Waals surface area contributed by atoms with E-state index >= 15 is 0 Å². The molecule has 2 aliphatic heterocycles. The van der Waals surface area contributed by atoms with E-state index in [9.17, 15) is 10.1 Å². The van der Waals surface area contributed by atoms with Crippen LogP contribution in [0.4, 0.5) is 0 Å². The van der Waals surface area contributed by atoms with Gasteiger partial charge in [0, 0.05) is 0 Å². The van der Waals surface area contributed by atoms with Crippen molar-refractivity contribution in [1.29, 1.82) is 0 Å². The first-order valence-electron chi connectivity index (χ1n) is 5.32. The number of imidazole rings is 1. The van der Waals surface area contributed by atoms with Crippen LogP contribution >= 0.6 is 11.9 Å². The van der Waals surface area contributed by atoms with Gasteiger partial charge >= 0.3 is 5.79 Å². The van der Waals surface area contributed by atoms with Crippen molar-refractivity contribution in [1.82, 2.24) is 15.3 Å².